The summed E-state index contributed by atoms with van der Waals surface area (Å²) in [5.41, 5.74) is 7.25. The van der Waals surface area contributed by atoms with Gasteiger partial charge in [0.2, 0.25) is 11.8 Å². The Morgan fingerprint density at radius 1 is 1.31 bits per heavy atom. The zero-order chi connectivity index (χ0) is 18.7. The lowest BCUT2D eigenvalue weighted by atomic mass is 9.97. The van der Waals surface area contributed by atoms with Gasteiger partial charge in [0.05, 0.1) is 6.54 Å². The van der Waals surface area contributed by atoms with Crippen molar-refractivity contribution in [3.8, 4) is 0 Å². The second kappa shape index (κ2) is 7.57. The van der Waals surface area contributed by atoms with Crippen molar-refractivity contribution < 1.29 is 19.2 Å². The van der Waals surface area contributed by atoms with Crippen molar-refractivity contribution in [2.24, 2.45) is 5.73 Å². The van der Waals surface area contributed by atoms with Gasteiger partial charge in [-0.15, -0.1) is 0 Å². The van der Waals surface area contributed by atoms with Crippen LogP contribution in [-0.2, 0) is 21.0 Å². The van der Waals surface area contributed by atoms with Gasteiger partial charge in [-0.1, -0.05) is 36.4 Å². The molecule has 138 valence electrons. The number of hydroxylamine groups is 2. The first kappa shape index (κ1) is 17.9. The number of nitrogens with two attached hydrogens (primary N) is 1. The van der Waals surface area contributed by atoms with Crippen molar-refractivity contribution >= 4 is 17.8 Å². The highest BCUT2D eigenvalue weighted by atomic mass is 16.7. The van der Waals surface area contributed by atoms with Crippen LogP contribution in [0.5, 0.6) is 0 Å². The average Bonchev–Trinajstić information content (AvgIpc) is 2.88. The molecule has 1 aromatic carbocycles. The first-order valence-corrected chi connectivity index (χ1v) is 8.48. The summed E-state index contributed by atoms with van der Waals surface area (Å²) in [6.07, 6.45) is 2.22. The van der Waals surface area contributed by atoms with Gasteiger partial charge in [0.25, 0.3) is 0 Å². The number of nitrogens with zero attached hydrogens (tertiary/aromatic N) is 2. The fraction of sp³-hybridized carbons (Fsp3) is 0.389. The maximum atomic E-state index is 12.7. The minimum Gasteiger partial charge on any atom is -0.368 e. The molecule has 3 rings (SSSR count). The van der Waals surface area contributed by atoms with Crippen molar-refractivity contribution in [2.45, 2.75) is 32.0 Å². The molecule has 1 fully saturated rings. The summed E-state index contributed by atoms with van der Waals surface area (Å²) >= 11 is 0. The normalized spacial score (nSPS) is 21.6. The van der Waals surface area contributed by atoms with Crippen molar-refractivity contribution in [3.63, 3.8) is 0 Å². The van der Waals surface area contributed by atoms with E-state index < -0.39 is 11.9 Å². The number of fused-ring (bicyclic) bond motifs is 2. The highest BCUT2D eigenvalue weighted by molar-refractivity contribution is 5.90. The summed E-state index contributed by atoms with van der Waals surface area (Å²) in [5, 5.41) is 4.04. The molecule has 2 heterocycles. The fourth-order valence-electron chi connectivity index (χ4n) is 3.23. The van der Waals surface area contributed by atoms with Gasteiger partial charge < -0.3 is 16.0 Å². The molecule has 1 saturated heterocycles. The van der Waals surface area contributed by atoms with Crippen LogP contribution in [0.1, 0.15) is 18.9 Å². The zero-order valence-electron chi connectivity index (χ0n) is 14.6. The van der Waals surface area contributed by atoms with Crippen LogP contribution in [0.3, 0.4) is 0 Å². The van der Waals surface area contributed by atoms with E-state index >= 15 is 0 Å². The molecule has 8 nitrogen and oxygen atoms in total. The lowest BCUT2D eigenvalue weighted by Crippen LogP contribution is -2.46. The van der Waals surface area contributed by atoms with E-state index in [4.69, 9.17) is 10.6 Å². The largest absolute Gasteiger partial charge is 0.368 e. The molecule has 2 bridgehead atoms. The van der Waals surface area contributed by atoms with Gasteiger partial charge >= 0.3 is 6.03 Å². The van der Waals surface area contributed by atoms with Crippen LogP contribution in [0.15, 0.2) is 42.0 Å². The summed E-state index contributed by atoms with van der Waals surface area (Å²) in [7, 11) is 0. The highest BCUT2D eigenvalue weighted by Crippen LogP contribution is 2.32. The molecule has 0 aliphatic carbocycles. The average molecular weight is 358 g/mol. The fourth-order valence-corrected chi connectivity index (χ4v) is 3.23. The molecule has 1 aromatic rings. The molecule has 2 aliphatic heterocycles. The van der Waals surface area contributed by atoms with Gasteiger partial charge in [0.1, 0.15) is 18.7 Å². The van der Waals surface area contributed by atoms with Gasteiger partial charge in [-0.2, -0.15) is 5.06 Å². The summed E-state index contributed by atoms with van der Waals surface area (Å²) in [6.45, 7) is 2.45. The van der Waals surface area contributed by atoms with Crippen molar-refractivity contribution in [3.05, 3.63) is 47.5 Å². The molecule has 0 radical (unpaired) electrons. The Kier molecular flexibility index (Phi) is 5.22. The Hall–Kier alpha value is -2.87. The number of benzene rings is 1. The molecule has 2 unspecified atom stereocenters. The summed E-state index contributed by atoms with van der Waals surface area (Å²) in [6, 6.07) is 8.05. The van der Waals surface area contributed by atoms with Gasteiger partial charge in [0.15, 0.2) is 0 Å². The molecule has 4 amide bonds. The third-order valence-electron chi connectivity index (χ3n) is 4.51. The van der Waals surface area contributed by atoms with Crippen molar-refractivity contribution in [1.82, 2.24) is 15.3 Å². The van der Waals surface area contributed by atoms with E-state index in [0.29, 0.717) is 19.5 Å². The summed E-state index contributed by atoms with van der Waals surface area (Å²) in [5.74, 6) is -0.715. The lowest BCUT2D eigenvalue weighted by Gasteiger charge is -2.28. The van der Waals surface area contributed by atoms with Gasteiger partial charge in [-0.3, -0.25) is 14.4 Å². The number of carbonyl (C=O) groups excluding carboxylic acids is 3. The molecule has 3 N–H and O–H groups in total. The molecular formula is C18H22N4O4. The standard InChI is InChI=1S/C18H22N4O4/c1-12(23)20-8-7-14-9-15(17(19)24)21-10-16(14)22(18(21)25)26-11-13-5-3-2-4-6-13/h2-6,9,15-16H,7-8,10-11H2,1H3,(H2,19,24)(H,20,23). The molecule has 8 heteroatoms. The lowest BCUT2D eigenvalue weighted by molar-refractivity contribution is -0.133. The van der Waals surface area contributed by atoms with Crippen molar-refractivity contribution in [2.75, 3.05) is 13.1 Å². The summed E-state index contributed by atoms with van der Waals surface area (Å²) in [4.78, 5) is 42.7. The number of rotatable bonds is 7. The minimum atomic E-state index is -0.795. The Bertz CT molecular complexity index is 734. The van der Waals surface area contributed by atoms with E-state index in [0.717, 1.165) is 11.1 Å². The maximum Gasteiger partial charge on any atom is 0.345 e. The zero-order valence-corrected chi connectivity index (χ0v) is 14.6. The molecular weight excluding hydrogens is 336 g/mol. The van der Waals surface area contributed by atoms with E-state index in [1.165, 1.54) is 16.9 Å². The number of hydrogen-bond donors (Lipinski definition) is 2. The predicted molar refractivity (Wildman–Crippen MR) is 93.3 cm³/mol. The monoisotopic (exact) mass is 358 g/mol. The number of urea groups is 1. The molecule has 0 aromatic heterocycles. The van der Waals surface area contributed by atoms with Gasteiger partial charge in [-0.05, 0) is 17.6 Å². The Morgan fingerprint density at radius 3 is 2.69 bits per heavy atom. The van der Waals surface area contributed by atoms with E-state index in [-0.39, 0.29) is 24.6 Å². The number of hydrogen-bond acceptors (Lipinski definition) is 4. The number of nitrogens with one attached hydrogen (secondary N) is 1. The Labute approximate surface area is 151 Å². The van der Waals surface area contributed by atoms with Crippen LogP contribution in [-0.4, -0.2) is 53.0 Å². The molecule has 26 heavy (non-hydrogen) atoms. The van der Waals surface area contributed by atoms with Gasteiger partial charge in [0, 0.05) is 13.5 Å². The molecule has 2 aliphatic rings. The smallest absolute Gasteiger partial charge is 0.345 e. The summed E-state index contributed by atoms with van der Waals surface area (Å²) < 4.78 is 0. The predicted octanol–water partition coefficient (Wildman–Crippen LogP) is 0.545. The van der Waals surface area contributed by atoms with Crippen LogP contribution in [0.25, 0.3) is 0 Å². The second-order valence-corrected chi connectivity index (χ2v) is 6.36. The third-order valence-corrected chi connectivity index (χ3v) is 4.51. The minimum absolute atomic E-state index is 0.130. The topological polar surface area (TPSA) is 105 Å². The first-order valence-electron chi connectivity index (χ1n) is 8.48. The maximum absolute atomic E-state index is 12.7. The Morgan fingerprint density at radius 2 is 2.04 bits per heavy atom. The SMILES string of the molecule is CC(=O)NCCC1=CC(C(N)=O)N2CC1N(OCc1ccccc1)C2=O. The van der Waals surface area contributed by atoms with Crippen LogP contribution in [0.4, 0.5) is 4.79 Å². The van der Waals surface area contributed by atoms with Gasteiger partial charge in [-0.25, -0.2) is 4.79 Å². The number of primary amides is 1. The molecule has 2 atom stereocenters. The molecule has 0 spiro atoms. The first-order chi connectivity index (χ1) is 12.5. The highest BCUT2D eigenvalue weighted by Gasteiger charge is 2.47. The second-order valence-electron chi connectivity index (χ2n) is 6.36. The van der Waals surface area contributed by atoms with E-state index in [9.17, 15) is 14.4 Å². The number of carbonyl (C=O) groups is 3. The number of amides is 4. The van der Waals surface area contributed by atoms with E-state index in [1.807, 2.05) is 30.3 Å². The van der Waals surface area contributed by atoms with E-state index in [1.54, 1.807) is 6.08 Å². The van der Waals surface area contributed by atoms with Crippen LogP contribution >= 0.6 is 0 Å². The van der Waals surface area contributed by atoms with Crippen LogP contribution < -0.4 is 11.1 Å². The Balaban J connectivity index is 1.75. The molecule has 0 saturated carbocycles. The third kappa shape index (κ3) is 3.70. The van der Waals surface area contributed by atoms with Crippen LogP contribution in [0, 0.1) is 0 Å². The van der Waals surface area contributed by atoms with Crippen LogP contribution in [0.2, 0.25) is 0 Å². The van der Waals surface area contributed by atoms with E-state index in [2.05, 4.69) is 5.32 Å². The quantitative estimate of drug-likeness (QED) is 0.694. The van der Waals surface area contributed by atoms with Crippen molar-refractivity contribution in [1.29, 1.82) is 0 Å².